The van der Waals surface area contributed by atoms with Gasteiger partial charge in [-0.2, -0.15) is 5.10 Å². The van der Waals surface area contributed by atoms with Gasteiger partial charge in [0.15, 0.2) is 0 Å². The summed E-state index contributed by atoms with van der Waals surface area (Å²) >= 11 is 0. The van der Waals surface area contributed by atoms with Crippen LogP contribution < -0.4 is 5.73 Å². The molecule has 0 aliphatic carbocycles. The van der Waals surface area contributed by atoms with Gasteiger partial charge in [0, 0.05) is 31.5 Å². The Hall–Kier alpha value is -1.39. The highest BCUT2D eigenvalue weighted by Crippen LogP contribution is 2.25. The van der Waals surface area contributed by atoms with E-state index in [1.165, 1.54) is 0 Å². The fourth-order valence-corrected chi connectivity index (χ4v) is 2.00. The van der Waals surface area contributed by atoms with Crippen molar-refractivity contribution in [3.8, 4) is 0 Å². The molecule has 2 aromatic rings. The summed E-state index contributed by atoms with van der Waals surface area (Å²) in [6.07, 6.45) is 4.76. The van der Waals surface area contributed by atoms with Crippen LogP contribution in [0, 0.1) is 5.92 Å². The zero-order valence-electron chi connectivity index (χ0n) is 10.3. The molecule has 0 aliphatic rings. The summed E-state index contributed by atoms with van der Waals surface area (Å²) in [4.78, 5) is 0. The second-order valence-corrected chi connectivity index (χ2v) is 4.41. The van der Waals surface area contributed by atoms with Crippen molar-refractivity contribution in [1.29, 1.82) is 0 Å². The van der Waals surface area contributed by atoms with Crippen LogP contribution in [0.25, 0.3) is 5.52 Å². The van der Waals surface area contributed by atoms with E-state index < -0.39 is 0 Å². The van der Waals surface area contributed by atoms with Gasteiger partial charge >= 0.3 is 0 Å². The molecular formula is C13H19N3O. The Kier molecular flexibility index (Phi) is 3.76. The van der Waals surface area contributed by atoms with Gasteiger partial charge in [-0.3, -0.25) is 0 Å². The van der Waals surface area contributed by atoms with Crippen LogP contribution in [-0.4, -0.2) is 23.3 Å². The van der Waals surface area contributed by atoms with Gasteiger partial charge in [-0.15, -0.1) is 0 Å². The smallest absolute Gasteiger partial charge is 0.0709 e. The molecule has 2 heterocycles. The van der Waals surface area contributed by atoms with Crippen molar-refractivity contribution >= 4 is 5.52 Å². The van der Waals surface area contributed by atoms with E-state index in [0.29, 0.717) is 5.92 Å². The van der Waals surface area contributed by atoms with Gasteiger partial charge in [0.05, 0.1) is 11.7 Å². The lowest BCUT2D eigenvalue weighted by molar-refractivity contribution is 0.174. The van der Waals surface area contributed by atoms with Gasteiger partial charge in [-0.1, -0.05) is 13.0 Å². The third kappa shape index (κ3) is 2.48. The first kappa shape index (κ1) is 12.1. The van der Waals surface area contributed by atoms with Crippen LogP contribution in [-0.2, 0) is 4.74 Å². The molecular weight excluding hydrogens is 214 g/mol. The van der Waals surface area contributed by atoms with Crippen molar-refractivity contribution < 1.29 is 4.74 Å². The van der Waals surface area contributed by atoms with E-state index in [0.717, 1.165) is 24.1 Å². The molecule has 2 rings (SSSR count). The topological polar surface area (TPSA) is 52.5 Å². The fourth-order valence-electron chi connectivity index (χ4n) is 2.00. The van der Waals surface area contributed by atoms with E-state index in [9.17, 15) is 0 Å². The van der Waals surface area contributed by atoms with Crippen LogP contribution in [0.5, 0.6) is 0 Å². The third-order valence-electron chi connectivity index (χ3n) is 3.21. The van der Waals surface area contributed by atoms with E-state index in [2.05, 4.69) is 12.0 Å². The molecule has 0 saturated heterocycles. The van der Waals surface area contributed by atoms with Gasteiger partial charge < -0.3 is 10.5 Å². The minimum absolute atomic E-state index is 0.00468. The highest BCUT2D eigenvalue weighted by atomic mass is 16.5. The zero-order valence-corrected chi connectivity index (χ0v) is 10.3. The average Bonchev–Trinajstić information content (AvgIpc) is 2.78. The van der Waals surface area contributed by atoms with Crippen LogP contribution in [0.3, 0.4) is 0 Å². The predicted molar refractivity (Wildman–Crippen MR) is 67.8 cm³/mol. The van der Waals surface area contributed by atoms with Crippen molar-refractivity contribution in [2.24, 2.45) is 11.7 Å². The summed E-state index contributed by atoms with van der Waals surface area (Å²) < 4.78 is 6.95. The monoisotopic (exact) mass is 233 g/mol. The lowest BCUT2D eigenvalue weighted by atomic mass is 9.94. The number of pyridine rings is 1. The number of nitrogens with zero attached hydrogens (tertiary/aromatic N) is 2. The predicted octanol–water partition coefficient (Wildman–Crippen LogP) is 2.01. The molecule has 0 aliphatic heterocycles. The maximum absolute atomic E-state index is 6.28. The van der Waals surface area contributed by atoms with Crippen LogP contribution in [0.4, 0.5) is 0 Å². The molecule has 0 radical (unpaired) electrons. The lowest BCUT2D eigenvalue weighted by Gasteiger charge is -2.18. The Morgan fingerprint density at radius 2 is 2.29 bits per heavy atom. The molecule has 2 aromatic heterocycles. The molecule has 2 unspecified atom stereocenters. The molecule has 4 heteroatoms. The third-order valence-corrected chi connectivity index (χ3v) is 3.21. The largest absolute Gasteiger partial charge is 0.385 e. The number of ether oxygens (including phenoxy) is 1. The van der Waals surface area contributed by atoms with E-state index in [-0.39, 0.29) is 6.04 Å². The average molecular weight is 233 g/mol. The maximum atomic E-state index is 6.28. The molecule has 92 valence electrons. The SMILES string of the molecule is COCCC(C)C(N)c1cnn2ccccc12. The Balaban J connectivity index is 2.21. The van der Waals surface area contributed by atoms with Crippen LogP contribution in [0.1, 0.15) is 24.9 Å². The number of rotatable bonds is 5. The number of aromatic nitrogens is 2. The highest BCUT2D eigenvalue weighted by molar-refractivity contribution is 5.54. The number of hydrogen-bond acceptors (Lipinski definition) is 3. The Morgan fingerprint density at radius 1 is 1.47 bits per heavy atom. The quantitative estimate of drug-likeness (QED) is 0.859. The molecule has 0 amide bonds. The van der Waals surface area contributed by atoms with Gasteiger partial charge in [-0.25, -0.2) is 4.52 Å². The second kappa shape index (κ2) is 5.29. The first-order valence-corrected chi connectivity index (χ1v) is 5.91. The molecule has 17 heavy (non-hydrogen) atoms. The van der Waals surface area contributed by atoms with Crippen LogP contribution >= 0.6 is 0 Å². The minimum Gasteiger partial charge on any atom is -0.385 e. The summed E-state index contributed by atoms with van der Waals surface area (Å²) in [5.41, 5.74) is 8.47. The Labute approximate surface area is 101 Å². The summed E-state index contributed by atoms with van der Waals surface area (Å²) in [6.45, 7) is 2.89. The molecule has 2 N–H and O–H groups in total. The normalized spacial score (nSPS) is 15.0. The van der Waals surface area contributed by atoms with Gasteiger partial charge in [0.25, 0.3) is 0 Å². The Morgan fingerprint density at radius 3 is 3.06 bits per heavy atom. The van der Waals surface area contributed by atoms with E-state index in [4.69, 9.17) is 10.5 Å². The lowest BCUT2D eigenvalue weighted by Crippen LogP contribution is -2.20. The van der Waals surface area contributed by atoms with Gasteiger partial charge in [0.2, 0.25) is 0 Å². The van der Waals surface area contributed by atoms with Crippen molar-refractivity contribution in [1.82, 2.24) is 9.61 Å². The van der Waals surface area contributed by atoms with E-state index in [1.54, 1.807) is 7.11 Å². The van der Waals surface area contributed by atoms with Crippen LogP contribution in [0.2, 0.25) is 0 Å². The Bertz CT molecular complexity index is 480. The number of fused-ring (bicyclic) bond motifs is 1. The molecule has 0 aromatic carbocycles. The number of methoxy groups -OCH3 is 1. The molecule has 0 fully saturated rings. The van der Waals surface area contributed by atoms with E-state index >= 15 is 0 Å². The molecule has 0 saturated carbocycles. The van der Waals surface area contributed by atoms with Gasteiger partial charge in [0.1, 0.15) is 0 Å². The number of hydrogen-bond donors (Lipinski definition) is 1. The van der Waals surface area contributed by atoms with Crippen molar-refractivity contribution in [2.75, 3.05) is 13.7 Å². The van der Waals surface area contributed by atoms with Crippen molar-refractivity contribution in [3.05, 3.63) is 36.2 Å². The molecule has 4 nitrogen and oxygen atoms in total. The first-order valence-electron chi connectivity index (χ1n) is 5.91. The second-order valence-electron chi connectivity index (χ2n) is 4.41. The molecule has 0 spiro atoms. The summed E-state index contributed by atoms with van der Waals surface area (Å²) in [5, 5.41) is 4.31. The standard InChI is InChI=1S/C13H19N3O/c1-10(6-8-17-2)13(14)11-9-15-16-7-4-3-5-12(11)16/h3-5,7,9-10,13H,6,8,14H2,1-2H3. The highest BCUT2D eigenvalue weighted by Gasteiger charge is 2.18. The van der Waals surface area contributed by atoms with Crippen molar-refractivity contribution in [3.63, 3.8) is 0 Å². The fraction of sp³-hybridized carbons (Fsp3) is 0.462. The summed E-state index contributed by atoms with van der Waals surface area (Å²) in [7, 11) is 1.72. The number of nitrogens with two attached hydrogens (primary N) is 1. The summed E-state index contributed by atoms with van der Waals surface area (Å²) in [5.74, 6) is 0.378. The first-order chi connectivity index (χ1) is 8.24. The van der Waals surface area contributed by atoms with E-state index in [1.807, 2.05) is 35.1 Å². The molecule has 0 bridgehead atoms. The maximum Gasteiger partial charge on any atom is 0.0709 e. The molecule has 2 atom stereocenters. The minimum atomic E-state index is 0.00468. The van der Waals surface area contributed by atoms with Gasteiger partial charge in [-0.05, 0) is 24.5 Å². The van der Waals surface area contributed by atoms with Crippen molar-refractivity contribution in [2.45, 2.75) is 19.4 Å². The zero-order chi connectivity index (χ0) is 12.3. The summed E-state index contributed by atoms with van der Waals surface area (Å²) in [6, 6.07) is 6.02. The van der Waals surface area contributed by atoms with Crippen LogP contribution in [0.15, 0.2) is 30.6 Å².